The minimum atomic E-state index is -0.646. The zero-order valence-electron chi connectivity index (χ0n) is 21.5. The minimum Gasteiger partial charge on any atom is -0.352 e. The van der Waals surface area contributed by atoms with Crippen molar-refractivity contribution < 1.29 is 9.59 Å². The average molecular weight is 505 g/mol. The molecule has 3 aromatic rings. The zero-order chi connectivity index (χ0) is 25.9. The van der Waals surface area contributed by atoms with Crippen molar-refractivity contribution in [1.82, 2.24) is 10.2 Å². The Balaban J connectivity index is 1.90. The molecule has 0 saturated carbocycles. The van der Waals surface area contributed by atoms with E-state index in [1.54, 1.807) is 4.90 Å². The number of hydrogen-bond donors (Lipinski definition) is 1. The van der Waals surface area contributed by atoms with Crippen LogP contribution < -0.4 is 5.32 Å². The molecule has 2 amide bonds. The van der Waals surface area contributed by atoms with E-state index < -0.39 is 6.04 Å². The molecule has 190 valence electrons. The van der Waals surface area contributed by atoms with Crippen LogP contribution in [0.2, 0.25) is 5.02 Å². The summed E-state index contributed by atoms with van der Waals surface area (Å²) >= 11 is 6.49. The normalized spacial score (nSPS) is 12.6. The van der Waals surface area contributed by atoms with Gasteiger partial charge in [0, 0.05) is 30.5 Å². The Labute approximate surface area is 220 Å². The van der Waals surface area contributed by atoms with Gasteiger partial charge in [-0.25, -0.2) is 0 Å². The zero-order valence-corrected chi connectivity index (χ0v) is 22.3. The van der Waals surface area contributed by atoms with Gasteiger partial charge in [-0.3, -0.25) is 9.59 Å². The summed E-state index contributed by atoms with van der Waals surface area (Å²) in [6, 6.07) is 25.1. The lowest BCUT2D eigenvalue weighted by Gasteiger charge is -2.32. The van der Waals surface area contributed by atoms with Gasteiger partial charge >= 0.3 is 0 Å². The van der Waals surface area contributed by atoms with Gasteiger partial charge in [0.05, 0.1) is 0 Å². The number of carbonyl (C=O) groups is 2. The van der Waals surface area contributed by atoms with Gasteiger partial charge in [0.2, 0.25) is 11.8 Å². The summed E-state index contributed by atoms with van der Waals surface area (Å²) in [4.78, 5) is 29.0. The highest BCUT2D eigenvalue weighted by molar-refractivity contribution is 6.31. The smallest absolute Gasteiger partial charge is 0.243 e. The molecule has 2 atom stereocenters. The monoisotopic (exact) mass is 504 g/mol. The summed E-state index contributed by atoms with van der Waals surface area (Å²) in [6.07, 6.45) is 3.17. The molecular weight excluding hydrogens is 468 g/mol. The first kappa shape index (κ1) is 27.5. The molecule has 3 aromatic carbocycles. The van der Waals surface area contributed by atoms with E-state index in [2.05, 4.69) is 36.5 Å². The lowest BCUT2D eigenvalue weighted by molar-refractivity contribution is -0.141. The van der Waals surface area contributed by atoms with E-state index in [4.69, 9.17) is 11.6 Å². The van der Waals surface area contributed by atoms with Gasteiger partial charge in [-0.15, -0.1) is 0 Å². The van der Waals surface area contributed by atoms with E-state index in [1.165, 1.54) is 5.56 Å². The molecule has 0 aliphatic heterocycles. The molecule has 36 heavy (non-hydrogen) atoms. The van der Waals surface area contributed by atoms with Crippen LogP contribution in [0, 0.1) is 0 Å². The maximum absolute atomic E-state index is 13.7. The van der Waals surface area contributed by atoms with Crippen molar-refractivity contribution in [3.63, 3.8) is 0 Å². The summed E-state index contributed by atoms with van der Waals surface area (Å²) in [7, 11) is 0. The van der Waals surface area contributed by atoms with Crippen LogP contribution in [0.25, 0.3) is 0 Å². The van der Waals surface area contributed by atoms with Crippen LogP contribution in [-0.4, -0.2) is 28.8 Å². The van der Waals surface area contributed by atoms with Gasteiger partial charge in [0.25, 0.3) is 0 Å². The fourth-order valence-electron chi connectivity index (χ4n) is 4.14. The summed E-state index contributed by atoms with van der Waals surface area (Å²) in [5, 5.41) is 3.70. The lowest BCUT2D eigenvalue weighted by Crippen LogP contribution is -2.52. The highest BCUT2D eigenvalue weighted by atomic mass is 35.5. The van der Waals surface area contributed by atoms with Crippen molar-refractivity contribution in [3.05, 3.63) is 106 Å². The molecular formula is C31H37ClN2O2. The second-order valence-corrected chi connectivity index (χ2v) is 9.71. The molecule has 3 rings (SSSR count). The molecule has 0 fully saturated rings. The largest absolute Gasteiger partial charge is 0.352 e. The van der Waals surface area contributed by atoms with Gasteiger partial charge in [0.15, 0.2) is 0 Å². The number of carbonyl (C=O) groups excluding carboxylic acids is 2. The van der Waals surface area contributed by atoms with Crippen LogP contribution in [0.15, 0.2) is 78.9 Å². The quantitative estimate of drug-likeness (QED) is 0.310. The van der Waals surface area contributed by atoms with Crippen molar-refractivity contribution >= 4 is 23.4 Å². The molecule has 0 aromatic heterocycles. The van der Waals surface area contributed by atoms with E-state index in [1.807, 2.05) is 68.4 Å². The van der Waals surface area contributed by atoms with Crippen molar-refractivity contribution in [2.75, 3.05) is 0 Å². The van der Waals surface area contributed by atoms with Crippen molar-refractivity contribution in [2.45, 2.75) is 71.5 Å². The van der Waals surface area contributed by atoms with Crippen LogP contribution in [0.5, 0.6) is 0 Å². The summed E-state index contributed by atoms with van der Waals surface area (Å²) in [5.74, 6) is -0.198. The average Bonchev–Trinajstić information content (AvgIpc) is 2.91. The van der Waals surface area contributed by atoms with E-state index in [-0.39, 0.29) is 24.4 Å². The second kappa shape index (κ2) is 13.8. The summed E-state index contributed by atoms with van der Waals surface area (Å²) in [5.41, 5.74) is 4.22. The third-order valence-corrected chi connectivity index (χ3v) is 7.00. The molecule has 0 heterocycles. The maximum Gasteiger partial charge on any atom is 0.243 e. The van der Waals surface area contributed by atoms with Crippen LogP contribution in [-0.2, 0) is 35.4 Å². The third-order valence-electron chi connectivity index (χ3n) is 6.63. The Bertz CT molecular complexity index is 1110. The van der Waals surface area contributed by atoms with Crippen molar-refractivity contribution in [2.24, 2.45) is 0 Å². The Morgan fingerprint density at radius 3 is 2.14 bits per heavy atom. The SMILES string of the molecule is CCc1ccc(CCC(=O)N(Cc2ccccc2Cl)[C@@H](Cc2ccccc2)C(=O)N[C@@H](C)CC)cc1. The van der Waals surface area contributed by atoms with Crippen LogP contribution >= 0.6 is 11.6 Å². The fourth-order valence-corrected chi connectivity index (χ4v) is 4.34. The number of nitrogens with one attached hydrogen (secondary N) is 1. The number of rotatable bonds is 12. The standard InChI is InChI=1S/C31H37ClN2O2/c1-4-23(3)33-31(36)29(21-26-11-7-6-8-12-26)34(22-27-13-9-10-14-28(27)32)30(35)20-19-25-17-15-24(5-2)16-18-25/h6-18,23,29H,4-5,19-22H2,1-3H3,(H,33,36)/t23-,29-/m0/s1. The second-order valence-electron chi connectivity index (χ2n) is 9.31. The predicted octanol–water partition coefficient (Wildman–Crippen LogP) is 6.39. The molecule has 0 bridgehead atoms. The van der Waals surface area contributed by atoms with E-state index in [9.17, 15) is 9.59 Å². The van der Waals surface area contributed by atoms with E-state index in [0.717, 1.165) is 29.5 Å². The number of nitrogens with zero attached hydrogens (tertiary/aromatic N) is 1. The van der Waals surface area contributed by atoms with Gasteiger partial charge in [-0.1, -0.05) is 98.2 Å². The first-order valence-corrected chi connectivity index (χ1v) is 13.2. The number of benzene rings is 3. The summed E-state index contributed by atoms with van der Waals surface area (Å²) in [6.45, 7) is 6.42. The van der Waals surface area contributed by atoms with Gasteiger partial charge in [-0.2, -0.15) is 0 Å². The van der Waals surface area contributed by atoms with Gasteiger partial charge in [0.1, 0.15) is 6.04 Å². The molecule has 1 N–H and O–H groups in total. The minimum absolute atomic E-state index is 0.0186. The highest BCUT2D eigenvalue weighted by Crippen LogP contribution is 2.22. The highest BCUT2D eigenvalue weighted by Gasteiger charge is 2.31. The van der Waals surface area contributed by atoms with Crippen LogP contribution in [0.1, 0.15) is 55.9 Å². The maximum atomic E-state index is 13.7. The predicted molar refractivity (Wildman–Crippen MR) is 148 cm³/mol. The van der Waals surface area contributed by atoms with Crippen molar-refractivity contribution in [1.29, 1.82) is 0 Å². The Hall–Kier alpha value is -3.11. The number of amides is 2. The molecule has 0 aliphatic carbocycles. The molecule has 0 unspecified atom stereocenters. The summed E-state index contributed by atoms with van der Waals surface area (Å²) < 4.78 is 0. The first-order chi connectivity index (χ1) is 17.4. The first-order valence-electron chi connectivity index (χ1n) is 12.9. The van der Waals surface area contributed by atoms with E-state index in [0.29, 0.717) is 24.3 Å². The topological polar surface area (TPSA) is 49.4 Å². The Kier molecular flexibility index (Phi) is 10.6. The van der Waals surface area contributed by atoms with Gasteiger partial charge < -0.3 is 10.2 Å². The molecule has 0 spiro atoms. The molecule has 0 saturated heterocycles. The van der Waals surface area contributed by atoms with Gasteiger partial charge in [-0.05, 0) is 54.5 Å². The molecule has 0 aliphatic rings. The fraction of sp³-hybridized carbons (Fsp3) is 0.355. The molecule has 0 radical (unpaired) electrons. The Morgan fingerprint density at radius 1 is 0.861 bits per heavy atom. The third kappa shape index (κ3) is 7.96. The Morgan fingerprint density at radius 2 is 1.50 bits per heavy atom. The molecule has 4 nitrogen and oxygen atoms in total. The van der Waals surface area contributed by atoms with Crippen molar-refractivity contribution in [3.8, 4) is 0 Å². The van der Waals surface area contributed by atoms with Crippen LogP contribution in [0.4, 0.5) is 0 Å². The number of halogens is 1. The number of aryl methyl sites for hydroxylation is 2. The van der Waals surface area contributed by atoms with E-state index >= 15 is 0 Å². The van der Waals surface area contributed by atoms with Crippen LogP contribution in [0.3, 0.4) is 0 Å². The molecule has 5 heteroatoms. The number of hydrogen-bond acceptors (Lipinski definition) is 2. The lowest BCUT2D eigenvalue weighted by atomic mass is 10.0.